The second-order valence-corrected chi connectivity index (χ2v) is 4.42. The van der Waals surface area contributed by atoms with Gasteiger partial charge in [-0.2, -0.15) is 11.8 Å². The van der Waals surface area contributed by atoms with Gasteiger partial charge in [-0.05, 0) is 19.1 Å². The van der Waals surface area contributed by atoms with Crippen LogP contribution in [0.3, 0.4) is 0 Å². The van der Waals surface area contributed by atoms with E-state index in [1.165, 1.54) is 11.8 Å². The number of nitrogens with one attached hydrogen (secondary N) is 1. The number of carboxylic acid groups (broad SMARTS) is 1. The zero-order valence-corrected chi connectivity index (χ0v) is 10.1. The van der Waals surface area contributed by atoms with Crippen LogP contribution in [-0.2, 0) is 15.3 Å². The lowest BCUT2D eigenvalue weighted by atomic mass is 10.2. The number of amides is 1. The first-order valence-corrected chi connectivity index (χ1v) is 6.09. The molecule has 0 fully saturated rings. The molecular weight excluding hydrogens is 246 g/mol. The van der Waals surface area contributed by atoms with Crippen LogP contribution in [0.2, 0.25) is 0 Å². The lowest BCUT2D eigenvalue weighted by Gasteiger charge is -2.09. The van der Waals surface area contributed by atoms with Crippen LogP contribution >= 0.6 is 11.8 Å². The minimum Gasteiger partial charge on any atom is -0.480 e. The van der Waals surface area contributed by atoms with Gasteiger partial charge in [0.25, 0.3) is 0 Å². The lowest BCUT2D eigenvalue weighted by Crippen LogP contribution is -2.36. The summed E-state index contributed by atoms with van der Waals surface area (Å²) in [6, 6.07) is -0.837. The molecule has 7 nitrogen and oxygen atoms in total. The van der Waals surface area contributed by atoms with Crippen molar-refractivity contribution < 1.29 is 19.3 Å². The van der Waals surface area contributed by atoms with Crippen molar-refractivity contribution in [3.05, 3.63) is 11.4 Å². The second kappa shape index (κ2) is 6.89. The van der Waals surface area contributed by atoms with Gasteiger partial charge in [0.2, 0.25) is 6.41 Å². The van der Waals surface area contributed by atoms with Gasteiger partial charge in [-0.3, -0.25) is 4.79 Å². The monoisotopic (exact) mass is 259 g/mol. The molecule has 8 heteroatoms. The van der Waals surface area contributed by atoms with E-state index in [0.29, 0.717) is 24.3 Å². The predicted molar refractivity (Wildman–Crippen MR) is 60.4 cm³/mol. The molecule has 0 spiro atoms. The molecule has 1 amide bonds. The molecule has 1 rings (SSSR count). The number of aliphatic carboxylic acids is 1. The highest BCUT2D eigenvalue weighted by atomic mass is 32.2. The molecule has 2 N–H and O–H groups in total. The molecule has 1 atom stereocenters. The second-order valence-electron chi connectivity index (χ2n) is 3.31. The first kappa shape index (κ1) is 13.5. The Balaban J connectivity index is 2.25. The number of carboxylic acids is 1. The van der Waals surface area contributed by atoms with Crippen molar-refractivity contribution in [3.63, 3.8) is 0 Å². The third-order valence-electron chi connectivity index (χ3n) is 2.10. The smallest absolute Gasteiger partial charge is 0.326 e. The van der Waals surface area contributed by atoms with Crippen molar-refractivity contribution in [2.45, 2.75) is 25.1 Å². The Labute approximate surface area is 102 Å². The van der Waals surface area contributed by atoms with Gasteiger partial charge in [0.05, 0.1) is 0 Å². The van der Waals surface area contributed by atoms with Crippen molar-refractivity contribution in [3.8, 4) is 0 Å². The van der Waals surface area contributed by atoms with Crippen LogP contribution in [0.15, 0.2) is 4.63 Å². The number of rotatable bonds is 8. The number of thioether (sulfide) groups is 1. The quantitative estimate of drug-likeness (QED) is 0.507. The number of nitrogens with zero attached hydrogens (tertiary/aromatic N) is 2. The Morgan fingerprint density at radius 3 is 2.94 bits per heavy atom. The summed E-state index contributed by atoms with van der Waals surface area (Å²) in [6.45, 7) is 1.79. The minimum absolute atomic E-state index is 0.364. The summed E-state index contributed by atoms with van der Waals surface area (Å²) in [4.78, 5) is 20.9. The Morgan fingerprint density at radius 1 is 1.65 bits per heavy atom. The Morgan fingerprint density at radius 2 is 2.41 bits per heavy atom. The zero-order chi connectivity index (χ0) is 12.7. The van der Waals surface area contributed by atoms with E-state index in [1.807, 2.05) is 0 Å². The highest BCUT2D eigenvalue weighted by molar-refractivity contribution is 7.98. The summed E-state index contributed by atoms with van der Waals surface area (Å²) in [5, 5.41) is 18.4. The SMILES string of the molecule is Cc1nonc1CSCCC(NC=O)C(=O)O. The third-order valence-corrected chi connectivity index (χ3v) is 3.11. The van der Waals surface area contributed by atoms with Gasteiger partial charge < -0.3 is 10.4 Å². The van der Waals surface area contributed by atoms with Gasteiger partial charge in [-0.1, -0.05) is 10.3 Å². The van der Waals surface area contributed by atoms with Crippen molar-refractivity contribution in [1.29, 1.82) is 0 Å². The zero-order valence-electron chi connectivity index (χ0n) is 9.25. The first-order chi connectivity index (χ1) is 8.15. The van der Waals surface area contributed by atoms with Crippen molar-refractivity contribution >= 4 is 24.1 Å². The van der Waals surface area contributed by atoms with E-state index in [4.69, 9.17) is 5.11 Å². The van der Waals surface area contributed by atoms with Crippen LogP contribution in [0.25, 0.3) is 0 Å². The molecule has 1 aromatic rings. The summed E-state index contributed by atoms with van der Waals surface area (Å²) in [7, 11) is 0. The lowest BCUT2D eigenvalue weighted by molar-refractivity contribution is -0.140. The molecule has 1 unspecified atom stereocenters. The number of carbonyl (C=O) groups is 2. The predicted octanol–water partition coefficient (Wildman–Crippen LogP) is 0.201. The van der Waals surface area contributed by atoms with E-state index in [2.05, 4.69) is 20.3 Å². The van der Waals surface area contributed by atoms with Gasteiger partial charge in [-0.25, -0.2) is 9.42 Å². The van der Waals surface area contributed by atoms with Gasteiger partial charge in [-0.15, -0.1) is 0 Å². The summed E-state index contributed by atoms with van der Waals surface area (Å²) in [6.07, 6.45) is 0.762. The summed E-state index contributed by atoms with van der Waals surface area (Å²) in [5.41, 5.74) is 1.49. The number of hydrogen-bond donors (Lipinski definition) is 2. The van der Waals surface area contributed by atoms with Crippen LogP contribution in [0.5, 0.6) is 0 Å². The fraction of sp³-hybridized carbons (Fsp3) is 0.556. The molecule has 0 saturated carbocycles. The molecule has 1 heterocycles. The average Bonchev–Trinajstić information content (AvgIpc) is 2.68. The number of aryl methyl sites for hydroxylation is 1. The van der Waals surface area contributed by atoms with Crippen LogP contribution in [0, 0.1) is 6.92 Å². The Kier molecular flexibility index (Phi) is 5.47. The third kappa shape index (κ3) is 4.43. The van der Waals surface area contributed by atoms with Crippen LogP contribution in [0.4, 0.5) is 0 Å². The van der Waals surface area contributed by atoms with E-state index < -0.39 is 12.0 Å². The Hall–Kier alpha value is -1.57. The van der Waals surface area contributed by atoms with Gasteiger partial charge in [0, 0.05) is 5.75 Å². The van der Waals surface area contributed by atoms with Gasteiger partial charge >= 0.3 is 5.97 Å². The molecule has 94 valence electrons. The average molecular weight is 259 g/mol. The molecule has 0 aliphatic carbocycles. The molecule has 0 saturated heterocycles. The van der Waals surface area contributed by atoms with Gasteiger partial charge in [0.15, 0.2) is 0 Å². The first-order valence-electron chi connectivity index (χ1n) is 4.93. The summed E-state index contributed by atoms with van der Waals surface area (Å²) < 4.78 is 4.53. The van der Waals surface area contributed by atoms with E-state index in [0.717, 1.165) is 11.4 Å². The Bertz CT molecular complexity index is 382. The summed E-state index contributed by atoms with van der Waals surface area (Å²) >= 11 is 1.51. The van der Waals surface area contributed by atoms with Crippen molar-refractivity contribution in [2.24, 2.45) is 0 Å². The van der Waals surface area contributed by atoms with Gasteiger partial charge in [0.1, 0.15) is 17.4 Å². The fourth-order valence-electron chi connectivity index (χ4n) is 1.11. The van der Waals surface area contributed by atoms with E-state index in [1.54, 1.807) is 6.92 Å². The topological polar surface area (TPSA) is 105 Å². The molecular formula is C9H13N3O4S. The molecule has 1 aromatic heterocycles. The highest BCUT2D eigenvalue weighted by Crippen LogP contribution is 2.14. The molecule has 0 aliphatic heterocycles. The standard InChI is InChI=1S/C9H13N3O4S/c1-6-8(12-16-11-6)4-17-3-2-7(9(14)15)10-5-13/h5,7H,2-4H2,1H3,(H,10,13)(H,14,15). The fourth-order valence-corrected chi connectivity index (χ4v) is 2.11. The van der Waals surface area contributed by atoms with Crippen molar-refractivity contribution in [1.82, 2.24) is 15.6 Å². The maximum atomic E-state index is 10.7. The molecule has 0 aromatic carbocycles. The van der Waals surface area contributed by atoms with E-state index in [-0.39, 0.29) is 0 Å². The normalized spacial score (nSPS) is 12.1. The highest BCUT2D eigenvalue weighted by Gasteiger charge is 2.15. The van der Waals surface area contributed by atoms with Crippen LogP contribution < -0.4 is 5.32 Å². The summed E-state index contributed by atoms with van der Waals surface area (Å²) in [5.74, 6) is 0.185. The molecule has 0 bridgehead atoms. The number of aromatic nitrogens is 2. The number of hydrogen-bond acceptors (Lipinski definition) is 6. The number of carbonyl (C=O) groups excluding carboxylic acids is 1. The van der Waals surface area contributed by atoms with E-state index >= 15 is 0 Å². The minimum atomic E-state index is -1.03. The molecule has 17 heavy (non-hydrogen) atoms. The van der Waals surface area contributed by atoms with Crippen LogP contribution in [-0.4, -0.2) is 39.6 Å². The maximum Gasteiger partial charge on any atom is 0.326 e. The molecule has 0 aliphatic rings. The molecule has 0 radical (unpaired) electrons. The maximum absolute atomic E-state index is 10.7. The largest absolute Gasteiger partial charge is 0.480 e. The van der Waals surface area contributed by atoms with Crippen molar-refractivity contribution in [2.75, 3.05) is 5.75 Å². The van der Waals surface area contributed by atoms with E-state index in [9.17, 15) is 9.59 Å². The van der Waals surface area contributed by atoms with Crippen LogP contribution in [0.1, 0.15) is 17.8 Å².